The first-order valence-electron chi connectivity index (χ1n) is 10.9. The van der Waals surface area contributed by atoms with Crippen molar-refractivity contribution in [2.45, 2.75) is 38.1 Å². The summed E-state index contributed by atoms with van der Waals surface area (Å²) in [5, 5.41) is 7.96. The number of nitrogens with zero attached hydrogens (tertiary/aromatic N) is 5. The summed E-state index contributed by atoms with van der Waals surface area (Å²) in [6.45, 7) is 2.23. The van der Waals surface area contributed by atoms with Crippen LogP contribution in [0, 0.1) is 0 Å². The van der Waals surface area contributed by atoms with Gasteiger partial charge in [0.1, 0.15) is 5.82 Å². The van der Waals surface area contributed by atoms with Gasteiger partial charge in [-0.25, -0.2) is 4.98 Å². The summed E-state index contributed by atoms with van der Waals surface area (Å²) in [5.74, 6) is 2.60. The monoisotopic (exact) mass is 512 g/mol. The number of carbonyl (C=O) groups excluding carboxylic acids is 1. The van der Waals surface area contributed by atoms with Gasteiger partial charge in [0, 0.05) is 55.5 Å². The predicted octanol–water partition coefficient (Wildman–Crippen LogP) is 4.62. The standard InChI is InChI=1S/C23H25BrN6OS/c24-19-15-27-30-21(26-14-16-3-1-7-25-13-16)12-20(28-23(19)30)17-5-8-29(9-6-17)22(31)11-18-4-2-10-32-18/h1,3-4,7,12-13,15,17,26H,2,5-6,8-11,14H2. The van der Waals surface area contributed by atoms with Gasteiger partial charge in [0.2, 0.25) is 5.91 Å². The molecule has 3 aromatic heterocycles. The Morgan fingerprint density at radius 2 is 2.16 bits per heavy atom. The fourth-order valence-corrected chi connectivity index (χ4v) is 5.57. The van der Waals surface area contributed by atoms with Crippen molar-refractivity contribution in [1.29, 1.82) is 0 Å². The molecule has 1 amide bonds. The third kappa shape index (κ3) is 4.68. The van der Waals surface area contributed by atoms with E-state index in [1.807, 2.05) is 39.5 Å². The molecule has 2 aliphatic heterocycles. The molecule has 3 aromatic rings. The number of nitrogens with one attached hydrogen (secondary N) is 1. The van der Waals surface area contributed by atoms with Crippen molar-refractivity contribution in [3.05, 3.63) is 63.5 Å². The van der Waals surface area contributed by atoms with Gasteiger partial charge >= 0.3 is 0 Å². The molecule has 0 aliphatic carbocycles. The number of aromatic nitrogens is 4. The number of pyridine rings is 1. The van der Waals surface area contributed by atoms with Crippen LogP contribution in [0.1, 0.15) is 42.9 Å². The molecule has 32 heavy (non-hydrogen) atoms. The van der Waals surface area contributed by atoms with Crippen LogP contribution in [-0.4, -0.2) is 49.2 Å². The third-order valence-electron chi connectivity index (χ3n) is 6.01. The highest BCUT2D eigenvalue weighted by Gasteiger charge is 2.26. The summed E-state index contributed by atoms with van der Waals surface area (Å²) < 4.78 is 2.70. The molecule has 0 unspecified atom stereocenters. The van der Waals surface area contributed by atoms with E-state index in [4.69, 9.17) is 4.98 Å². The number of fused-ring (bicyclic) bond motifs is 1. The smallest absolute Gasteiger partial charge is 0.227 e. The zero-order valence-corrected chi connectivity index (χ0v) is 20.1. The van der Waals surface area contributed by atoms with Gasteiger partial charge in [-0.1, -0.05) is 12.1 Å². The summed E-state index contributed by atoms with van der Waals surface area (Å²) in [6, 6.07) is 6.09. The van der Waals surface area contributed by atoms with Gasteiger partial charge in [0.15, 0.2) is 5.65 Å². The number of allylic oxidation sites excluding steroid dienone is 1. The van der Waals surface area contributed by atoms with Crippen LogP contribution < -0.4 is 5.32 Å². The number of likely N-dealkylation sites (tertiary alicyclic amines) is 1. The minimum absolute atomic E-state index is 0.255. The van der Waals surface area contributed by atoms with E-state index in [1.165, 1.54) is 4.91 Å². The van der Waals surface area contributed by atoms with Crippen molar-refractivity contribution in [2.24, 2.45) is 0 Å². The number of halogens is 1. The van der Waals surface area contributed by atoms with Gasteiger partial charge in [0.05, 0.1) is 17.1 Å². The second kappa shape index (κ2) is 9.62. The Hall–Kier alpha value is -2.39. The van der Waals surface area contributed by atoms with Gasteiger partial charge in [-0.15, -0.1) is 11.8 Å². The van der Waals surface area contributed by atoms with E-state index >= 15 is 0 Å². The van der Waals surface area contributed by atoms with Crippen molar-refractivity contribution in [3.8, 4) is 0 Å². The SMILES string of the molecule is O=C(CC1=CCCS1)N1CCC(c2cc(NCc3cccnc3)n3ncc(Br)c3n2)CC1. The number of carbonyl (C=O) groups is 1. The molecule has 0 spiro atoms. The maximum absolute atomic E-state index is 12.7. The molecule has 1 N–H and O–H groups in total. The molecule has 0 radical (unpaired) electrons. The fourth-order valence-electron chi connectivity index (χ4n) is 4.26. The first-order valence-corrected chi connectivity index (χ1v) is 12.7. The Morgan fingerprint density at radius 3 is 2.91 bits per heavy atom. The number of rotatable bonds is 6. The van der Waals surface area contributed by atoms with Crippen molar-refractivity contribution in [2.75, 3.05) is 24.2 Å². The van der Waals surface area contributed by atoms with Crippen LogP contribution >= 0.6 is 27.7 Å². The first-order chi connectivity index (χ1) is 15.7. The summed E-state index contributed by atoms with van der Waals surface area (Å²) in [7, 11) is 0. The van der Waals surface area contributed by atoms with Crippen LogP contribution in [0.5, 0.6) is 0 Å². The highest BCUT2D eigenvalue weighted by atomic mass is 79.9. The van der Waals surface area contributed by atoms with E-state index in [9.17, 15) is 4.79 Å². The summed E-state index contributed by atoms with van der Waals surface area (Å²) in [5.41, 5.74) is 2.96. The number of piperidine rings is 1. The van der Waals surface area contributed by atoms with Crippen LogP contribution in [0.2, 0.25) is 0 Å². The van der Waals surface area contributed by atoms with Crippen molar-refractivity contribution in [3.63, 3.8) is 0 Å². The van der Waals surface area contributed by atoms with Crippen molar-refractivity contribution < 1.29 is 4.79 Å². The average molecular weight is 513 g/mol. The second-order valence-corrected chi connectivity index (χ2v) is 10.2. The van der Waals surface area contributed by atoms with Gasteiger partial charge in [-0.2, -0.15) is 9.61 Å². The summed E-state index contributed by atoms with van der Waals surface area (Å²) >= 11 is 5.40. The molecule has 5 rings (SSSR count). The molecule has 7 nitrogen and oxygen atoms in total. The van der Waals surface area contributed by atoms with E-state index < -0.39 is 0 Å². The molecule has 0 saturated carbocycles. The molecule has 1 saturated heterocycles. The Bertz CT molecular complexity index is 1140. The summed E-state index contributed by atoms with van der Waals surface area (Å²) in [4.78, 5) is 25.0. The Balaban J connectivity index is 1.29. The lowest BCUT2D eigenvalue weighted by atomic mass is 9.93. The molecule has 9 heteroatoms. The van der Waals surface area contributed by atoms with Crippen molar-refractivity contribution >= 4 is 45.1 Å². The lowest BCUT2D eigenvalue weighted by Gasteiger charge is -2.32. The highest BCUT2D eigenvalue weighted by molar-refractivity contribution is 9.10. The lowest BCUT2D eigenvalue weighted by molar-refractivity contribution is -0.131. The number of hydrogen-bond acceptors (Lipinski definition) is 6. The minimum Gasteiger partial charge on any atom is -0.366 e. The number of hydrogen-bond donors (Lipinski definition) is 1. The number of thioether (sulfide) groups is 1. The number of anilines is 1. The third-order valence-corrected chi connectivity index (χ3v) is 7.69. The highest BCUT2D eigenvalue weighted by Crippen LogP contribution is 2.32. The largest absolute Gasteiger partial charge is 0.366 e. The first kappa shape index (κ1) is 21.5. The van der Waals surface area contributed by atoms with E-state index in [2.05, 4.69) is 43.5 Å². The maximum atomic E-state index is 12.7. The zero-order valence-electron chi connectivity index (χ0n) is 17.7. The van der Waals surface area contributed by atoms with E-state index in [0.29, 0.717) is 18.9 Å². The zero-order chi connectivity index (χ0) is 21.9. The normalized spacial score (nSPS) is 17.0. The fraction of sp³-hybridized carbons (Fsp3) is 0.391. The van der Waals surface area contributed by atoms with E-state index in [-0.39, 0.29) is 5.91 Å². The predicted molar refractivity (Wildman–Crippen MR) is 131 cm³/mol. The maximum Gasteiger partial charge on any atom is 0.227 e. The molecule has 2 aliphatic rings. The van der Waals surface area contributed by atoms with Crippen LogP contribution in [-0.2, 0) is 11.3 Å². The van der Waals surface area contributed by atoms with E-state index in [1.54, 1.807) is 12.4 Å². The Kier molecular flexibility index (Phi) is 6.45. The van der Waals surface area contributed by atoms with Crippen LogP contribution in [0.4, 0.5) is 5.82 Å². The molecule has 0 aromatic carbocycles. The van der Waals surface area contributed by atoms with Crippen LogP contribution in [0.3, 0.4) is 0 Å². The second-order valence-electron chi connectivity index (χ2n) is 8.15. The molecule has 0 bridgehead atoms. The van der Waals surface area contributed by atoms with Crippen LogP contribution in [0.25, 0.3) is 5.65 Å². The lowest BCUT2D eigenvalue weighted by Crippen LogP contribution is -2.38. The molecular formula is C23H25BrN6OS. The number of amides is 1. The molecule has 166 valence electrons. The topological polar surface area (TPSA) is 75.4 Å². The Labute approximate surface area is 199 Å². The average Bonchev–Trinajstić information content (AvgIpc) is 3.48. The van der Waals surface area contributed by atoms with Gasteiger partial charge in [0.25, 0.3) is 0 Å². The van der Waals surface area contributed by atoms with Crippen LogP contribution in [0.15, 0.2) is 52.2 Å². The van der Waals surface area contributed by atoms with E-state index in [0.717, 1.165) is 65.3 Å². The van der Waals surface area contributed by atoms with Gasteiger partial charge < -0.3 is 10.2 Å². The molecule has 1 fully saturated rings. The minimum atomic E-state index is 0.255. The van der Waals surface area contributed by atoms with Gasteiger partial charge in [-0.05, 0) is 51.7 Å². The molecule has 0 atom stereocenters. The molecule has 5 heterocycles. The molecular weight excluding hydrogens is 488 g/mol. The quantitative estimate of drug-likeness (QED) is 0.519. The van der Waals surface area contributed by atoms with Gasteiger partial charge in [-0.3, -0.25) is 9.78 Å². The Morgan fingerprint density at radius 1 is 1.28 bits per heavy atom. The summed E-state index contributed by atoms with van der Waals surface area (Å²) in [6.07, 6.45) is 11.1. The van der Waals surface area contributed by atoms with Crippen molar-refractivity contribution in [1.82, 2.24) is 24.5 Å².